The van der Waals surface area contributed by atoms with E-state index < -0.39 is 0 Å². The van der Waals surface area contributed by atoms with Crippen LogP contribution in [0.3, 0.4) is 0 Å². The van der Waals surface area contributed by atoms with Crippen LogP contribution in [0.5, 0.6) is 5.75 Å². The summed E-state index contributed by atoms with van der Waals surface area (Å²) >= 11 is 0. The monoisotopic (exact) mass is 192 g/mol. The second-order valence-corrected chi connectivity index (χ2v) is 3.71. The lowest BCUT2D eigenvalue weighted by Gasteiger charge is -2.08. The van der Waals surface area contributed by atoms with Crippen molar-refractivity contribution >= 4 is 5.78 Å². The lowest BCUT2D eigenvalue weighted by atomic mass is 9.98. The number of phenolic OH excluding ortho intramolecular Hbond substituents is 1. The zero-order valence-corrected chi connectivity index (χ0v) is 8.87. The average molecular weight is 192 g/mol. The maximum Gasteiger partial charge on any atom is 0.166 e. The molecule has 2 heteroatoms. The fraction of sp³-hybridized carbons (Fsp3) is 0.417. The van der Waals surface area contributed by atoms with Crippen LogP contribution >= 0.6 is 0 Å². The highest BCUT2D eigenvalue weighted by Crippen LogP contribution is 2.24. The average Bonchev–Trinajstić information content (AvgIpc) is 2.17. The number of ketones is 1. The molecule has 0 radical (unpaired) electrons. The number of Topliss-reactive ketones (excluding diaryl/α,β-unsaturated/α-hetero) is 1. The Morgan fingerprint density at radius 2 is 2.07 bits per heavy atom. The molecule has 0 amide bonds. The number of hydrogen-bond donors (Lipinski definition) is 1. The summed E-state index contributed by atoms with van der Waals surface area (Å²) in [7, 11) is 0. The maximum absolute atomic E-state index is 11.4. The van der Waals surface area contributed by atoms with Crippen LogP contribution < -0.4 is 0 Å². The van der Waals surface area contributed by atoms with Gasteiger partial charge in [0, 0.05) is 6.42 Å². The van der Waals surface area contributed by atoms with Crippen molar-refractivity contribution in [1.29, 1.82) is 0 Å². The fourth-order valence-electron chi connectivity index (χ4n) is 1.33. The van der Waals surface area contributed by atoms with Gasteiger partial charge >= 0.3 is 0 Å². The normalized spacial score (nSPS) is 10.6. The standard InChI is InChI=1S/C12H16O2/c1-4-11(13)10-7-9(8(2)3)5-6-12(10)14/h5-8,14H,4H2,1-3H3. The van der Waals surface area contributed by atoms with Gasteiger partial charge in [0.15, 0.2) is 5.78 Å². The quantitative estimate of drug-likeness (QED) is 0.747. The van der Waals surface area contributed by atoms with Crippen molar-refractivity contribution in [3.05, 3.63) is 29.3 Å². The topological polar surface area (TPSA) is 37.3 Å². The van der Waals surface area contributed by atoms with Gasteiger partial charge in [0.2, 0.25) is 0 Å². The first kappa shape index (κ1) is 10.8. The molecule has 14 heavy (non-hydrogen) atoms. The molecule has 0 aliphatic carbocycles. The van der Waals surface area contributed by atoms with E-state index in [-0.39, 0.29) is 11.5 Å². The number of phenols is 1. The summed E-state index contributed by atoms with van der Waals surface area (Å²) < 4.78 is 0. The van der Waals surface area contributed by atoms with Crippen molar-refractivity contribution in [2.24, 2.45) is 0 Å². The third-order valence-electron chi connectivity index (χ3n) is 2.31. The number of aromatic hydroxyl groups is 1. The van der Waals surface area contributed by atoms with Gasteiger partial charge in [-0.05, 0) is 23.6 Å². The Balaban J connectivity index is 3.15. The highest BCUT2D eigenvalue weighted by molar-refractivity contribution is 5.98. The Bertz CT molecular complexity index is 340. The van der Waals surface area contributed by atoms with Crippen LogP contribution in [-0.2, 0) is 0 Å². The third-order valence-corrected chi connectivity index (χ3v) is 2.31. The van der Waals surface area contributed by atoms with Crippen LogP contribution in [0.1, 0.15) is 49.0 Å². The van der Waals surface area contributed by atoms with Crippen molar-refractivity contribution < 1.29 is 9.90 Å². The second kappa shape index (κ2) is 4.27. The predicted octanol–water partition coefficient (Wildman–Crippen LogP) is 3.11. The molecule has 2 nitrogen and oxygen atoms in total. The Morgan fingerprint density at radius 1 is 1.43 bits per heavy atom. The Morgan fingerprint density at radius 3 is 2.57 bits per heavy atom. The van der Waals surface area contributed by atoms with Gasteiger partial charge in [-0.1, -0.05) is 26.8 Å². The first-order chi connectivity index (χ1) is 6.56. The van der Waals surface area contributed by atoms with E-state index in [0.717, 1.165) is 5.56 Å². The smallest absolute Gasteiger partial charge is 0.166 e. The summed E-state index contributed by atoms with van der Waals surface area (Å²) in [6.45, 7) is 5.92. The lowest BCUT2D eigenvalue weighted by molar-refractivity contribution is 0.0985. The molecule has 0 unspecified atom stereocenters. The van der Waals surface area contributed by atoms with E-state index >= 15 is 0 Å². The molecule has 0 heterocycles. The van der Waals surface area contributed by atoms with Gasteiger partial charge in [0.05, 0.1) is 5.56 Å². The molecule has 0 fully saturated rings. The van der Waals surface area contributed by atoms with Crippen molar-refractivity contribution in [2.45, 2.75) is 33.1 Å². The Kier molecular flexibility index (Phi) is 3.28. The third kappa shape index (κ3) is 2.13. The van der Waals surface area contributed by atoms with Gasteiger partial charge < -0.3 is 5.11 Å². The first-order valence-corrected chi connectivity index (χ1v) is 4.92. The molecular formula is C12H16O2. The van der Waals surface area contributed by atoms with Crippen molar-refractivity contribution in [2.75, 3.05) is 0 Å². The van der Waals surface area contributed by atoms with E-state index in [1.165, 1.54) is 0 Å². The van der Waals surface area contributed by atoms with Crippen LogP contribution in [-0.4, -0.2) is 10.9 Å². The lowest BCUT2D eigenvalue weighted by Crippen LogP contribution is -1.99. The molecule has 1 rings (SSSR count). The van der Waals surface area contributed by atoms with Crippen LogP contribution in [0.2, 0.25) is 0 Å². The molecule has 0 spiro atoms. The van der Waals surface area contributed by atoms with Gasteiger partial charge in [0.25, 0.3) is 0 Å². The zero-order chi connectivity index (χ0) is 10.7. The largest absolute Gasteiger partial charge is 0.507 e. The molecular weight excluding hydrogens is 176 g/mol. The van der Waals surface area contributed by atoms with Gasteiger partial charge in [0.1, 0.15) is 5.75 Å². The number of carbonyl (C=O) groups is 1. The summed E-state index contributed by atoms with van der Waals surface area (Å²) in [5, 5.41) is 9.50. The molecule has 0 bridgehead atoms. The summed E-state index contributed by atoms with van der Waals surface area (Å²) in [6, 6.07) is 5.23. The summed E-state index contributed by atoms with van der Waals surface area (Å²) in [5.41, 5.74) is 1.53. The minimum Gasteiger partial charge on any atom is -0.507 e. The summed E-state index contributed by atoms with van der Waals surface area (Å²) in [6.07, 6.45) is 0.426. The molecule has 0 saturated heterocycles. The van der Waals surface area contributed by atoms with Gasteiger partial charge in [-0.2, -0.15) is 0 Å². The highest BCUT2D eigenvalue weighted by Gasteiger charge is 2.10. The Labute approximate surface area is 84.6 Å². The van der Waals surface area contributed by atoms with E-state index in [2.05, 4.69) is 13.8 Å². The van der Waals surface area contributed by atoms with Gasteiger partial charge in [-0.3, -0.25) is 4.79 Å². The fourth-order valence-corrected chi connectivity index (χ4v) is 1.33. The minimum absolute atomic E-state index is 0.00926. The second-order valence-electron chi connectivity index (χ2n) is 3.71. The molecule has 0 aromatic heterocycles. The number of carbonyl (C=O) groups excluding carboxylic acids is 1. The molecule has 0 aliphatic heterocycles. The van der Waals surface area contributed by atoms with Crippen LogP contribution in [0.25, 0.3) is 0 Å². The van der Waals surface area contributed by atoms with Crippen LogP contribution in [0, 0.1) is 0 Å². The van der Waals surface area contributed by atoms with Gasteiger partial charge in [-0.25, -0.2) is 0 Å². The SMILES string of the molecule is CCC(=O)c1cc(C(C)C)ccc1O. The molecule has 1 N–H and O–H groups in total. The van der Waals surface area contributed by atoms with Crippen molar-refractivity contribution in [1.82, 2.24) is 0 Å². The van der Waals surface area contributed by atoms with Crippen molar-refractivity contribution in [3.63, 3.8) is 0 Å². The molecule has 0 saturated carbocycles. The number of rotatable bonds is 3. The van der Waals surface area contributed by atoms with Crippen LogP contribution in [0.15, 0.2) is 18.2 Å². The van der Waals surface area contributed by atoms with E-state index in [1.54, 1.807) is 19.1 Å². The molecule has 76 valence electrons. The first-order valence-electron chi connectivity index (χ1n) is 4.92. The Hall–Kier alpha value is -1.31. The predicted molar refractivity (Wildman–Crippen MR) is 56.8 cm³/mol. The number of hydrogen-bond acceptors (Lipinski definition) is 2. The summed E-state index contributed by atoms with van der Waals surface area (Å²) in [5.74, 6) is 0.449. The van der Waals surface area contributed by atoms with Crippen LogP contribution in [0.4, 0.5) is 0 Å². The van der Waals surface area contributed by atoms with E-state index in [0.29, 0.717) is 17.9 Å². The van der Waals surface area contributed by atoms with E-state index in [4.69, 9.17) is 0 Å². The summed E-state index contributed by atoms with van der Waals surface area (Å²) in [4.78, 5) is 11.4. The van der Waals surface area contributed by atoms with E-state index in [9.17, 15) is 9.90 Å². The zero-order valence-electron chi connectivity index (χ0n) is 8.87. The van der Waals surface area contributed by atoms with E-state index in [1.807, 2.05) is 6.07 Å². The minimum atomic E-state index is -0.00926. The molecule has 1 aromatic carbocycles. The number of benzene rings is 1. The molecule has 1 aromatic rings. The van der Waals surface area contributed by atoms with Gasteiger partial charge in [-0.15, -0.1) is 0 Å². The molecule has 0 atom stereocenters. The highest BCUT2D eigenvalue weighted by atomic mass is 16.3. The maximum atomic E-state index is 11.4. The molecule has 0 aliphatic rings. The van der Waals surface area contributed by atoms with Crippen molar-refractivity contribution in [3.8, 4) is 5.75 Å².